The molecule has 0 aliphatic carbocycles. The van der Waals surface area contributed by atoms with Crippen LogP contribution in [0, 0.1) is 0 Å². The summed E-state index contributed by atoms with van der Waals surface area (Å²) in [5.41, 5.74) is 0.174. The average molecular weight is 290 g/mol. The van der Waals surface area contributed by atoms with Crippen molar-refractivity contribution in [1.82, 2.24) is 9.80 Å². The highest BCUT2D eigenvalue weighted by Crippen LogP contribution is 2.38. The van der Waals surface area contributed by atoms with E-state index in [4.69, 9.17) is 9.15 Å². The normalized spacial score (nSPS) is 30.4. The lowest BCUT2D eigenvalue weighted by molar-refractivity contribution is -0.0461. The maximum absolute atomic E-state index is 6.30. The van der Waals surface area contributed by atoms with Crippen LogP contribution in [0.15, 0.2) is 22.8 Å². The molecule has 4 nitrogen and oxygen atoms in total. The number of ether oxygens (including phenoxy) is 1. The third-order valence-electron chi connectivity index (χ3n) is 5.57. The van der Waals surface area contributed by atoms with Crippen molar-refractivity contribution in [2.24, 2.45) is 0 Å². The molecule has 0 saturated carbocycles. The van der Waals surface area contributed by atoms with E-state index in [0.29, 0.717) is 6.04 Å². The van der Waals surface area contributed by atoms with Gasteiger partial charge in [-0.05, 0) is 57.3 Å². The molecule has 1 spiro atoms. The van der Waals surface area contributed by atoms with Crippen LogP contribution in [0.3, 0.4) is 0 Å². The van der Waals surface area contributed by atoms with Crippen molar-refractivity contribution >= 4 is 0 Å². The molecular weight excluding hydrogens is 264 g/mol. The van der Waals surface area contributed by atoms with Gasteiger partial charge in [-0.1, -0.05) is 0 Å². The Balaban J connectivity index is 1.30. The fourth-order valence-electron chi connectivity index (χ4n) is 4.25. The minimum Gasteiger partial charge on any atom is -0.468 e. The summed E-state index contributed by atoms with van der Waals surface area (Å²) in [4.78, 5) is 5.15. The van der Waals surface area contributed by atoms with E-state index in [9.17, 15) is 0 Å². The second-order valence-electron chi connectivity index (χ2n) is 6.95. The van der Waals surface area contributed by atoms with Gasteiger partial charge < -0.3 is 9.15 Å². The van der Waals surface area contributed by atoms with Crippen LogP contribution in [-0.2, 0) is 11.3 Å². The molecule has 1 atom stereocenters. The summed E-state index contributed by atoms with van der Waals surface area (Å²) in [6, 6.07) is 4.73. The lowest BCUT2D eigenvalue weighted by Crippen LogP contribution is -2.44. The molecule has 3 saturated heterocycles. The van der Waals surface area contributed by atoms with Gasteiger partial charge in [0.2, 0.25) is 0 Å². The van der Waals surface area contributed by atoms with Gasteiger partial charge in [0.25, 0.3) is 0 Å². The first kappa shape index (κ1) is 13.8. The van der Waals surface area contributed by atoms with Crippen LogP contribution in [0.25, 0.3) is 0 Å². The predicted octanol–water partition coefficient (Wildman–Crippen LogP) is 2.50. The van der Waals surface area contributed by atoms with E-state index in [0.717, 1.165) is 32.0 Å². The van der Waals surface area contributed by atoms with E-state index in [1.54, 1.807) is 6.26 Å². The Bertz CT molecular complexity index is 445. The van der Waals surface area contributed by atoms with Crippen LogP contribution in [0.4, 0.5) is 0 Å². The van der Waals surface area contributed by atoms with E-state index in [1.165, 1.54) is 45.2 Å². The van der Waals surface area contributed by atoms with Crippen molar-refractivity contribution in [2.75, 3.05) is 32.8 Å². The van der Waals surface area contributed by atoms with E-state index >= 15 is 0 Å². The molecule has 4 heteroatoms. The zero-order valence-corrected chi connectivity index (χ0v) is 12.8. The van der Waals surface area contributed by atoms with Crippen molar-refractivity contribution in [3.8, 4) is 0 Å². The number of nitrogens with zero attached hydrogens (tertiary/aromatic N) is 2. The van der Waals surface area contributed by atoms with Crippen molar-refractivity contribution in [2.45, 2.75) is 50.3 Å². The quantitative estimate of drug-likeness (QED) is 0.855. The highest BCUT2D eigenvalue weighted by molar-refractivity contribution is 5.01. The molecule has 4 rings (SSSR count). The maximum atomic E-state index is 6.30. The van der Waals surface area contributed by atoms with Crippen LogP contribution in [-0.4, -0.2) is 54.2 Å². The molecule has 1 aromatic rings. The lowest BCUT2D eigenvalue weighted by atomic mass is 9.87. The summed E-state index contributed by atoms with van der Waals surface area (Å²) in [6.07, 6.45) is 8.13. The van der Waals surface area contributed by atoms with Gasteiger partial charge in [-0.2, -0.15) is 0 Å². The van der Waals surface area contributed by atoms with E-state index < -0.39 is 0 Å². The van der Waals surface area contributed by atoms with Crippen LogP contribution in [0.2, 0.25) is 0 Å². The number of furan rings is 1. The van der Waals surface area contributed by atoms with Gasteiger partial charge in [-0.25, -0.2) is 0 Å². The fourth-order valence-corrected chi connectivity index (χ4v) is 4.25. The molecule has 1 aromatic heterocycles. The number of piperidine rings is 1. The van der Waals surface area contributed by atoms with Gasteiger partial charge in [-0.15, -0.1) is 0 Å². The van der Waals surface area contributed by atoms with Gasteiger partial charge in [0.1, 0.15) is 5.76 Å². The van der Waals surface area contributed by atoms with Crippen LogP contribution >= 0.6 is 0 Å². The Labute approximate surface area is 127 Å². The number of likely N-dealkylation sites (tertiary alicyclic amines) is 2. The summed E-state index contributed by atoms with van der Waals surface area (Å²) < 4.78 is 11.8. The highest BCUT2D eigenvalue weighted by Gasteiger charge is 2.44. The summed E-state index contributed by atoms with van der Waals surface area (Å²) in [6.45, 7) is 6.74. The summed E-state index contributed by atoms with van der Waals surface area (Å²) in [5, 5.41) is 0. The van der Waals surface area contributed by atoms with Gasteiger partial charge in [0, 0.05) is 19.1 Å². The molecule has 0 bridgehead atoms. The molecule has 4 heterocycles. The first-order valence-corrected chi connectivity index (χ1v) is 8.46. The Morgan fingerprint density at radius 1 is 1.14 bits per heavy atom. The van der Waals surface area contributed by atoms with Crippen molar-refractivity contribution in [1.29, 1.82) is 0 Å². The molecule has 0 radical (unpaired) electrons. The SMILES string of the molecule is c1coc(CN2CCC3(CC2)CC(N2CCCC2)CO3)c1. The summed E-state index contributed by atoms with van der Waals surface area (Å²) in [7, 11) is 0. The molecule has 0 aromatic carbocycles. The second kappa shape index (κ2) is 5.75. The first-order chi connectivity index (χ1) is 10.3. The van der Waals surface area contributed by atoms with Crippen LogP contribution < -0.4 is 0 Å². The third kappa shape index (κ3) is 2.89. The Morgan fingerprint density at radius 3 is 2.67 bits per heavy atom. The fraction of sp³-hybridized carbons (Fsp3) is 0.765. The van der Waals surface area contributed by atoms with Gasteiger partial charge in [0.15, 0.2) is 0 Å². The largest absolute Gasteiger partial charge is 0.468 e. The molecule has 0 amide bonds. The second-order valence-corrected chi connectivity index (χ2v) is 6.95. The topological polar surface area (TPSA) is 28.9 Å². The Morgan fingerprint density at radius 2 is 1.95 bits per heavy atom. The van der Waals surface area contributed by atoms with Crippen molar-refractivity contribution in [3.05, 3.63) is 24.2 Å². The monoisotopic (exact) mass is 290 g/mol. The van der Waals surface area contributed by atoms with Gasteiger partial charge in [-0.3, -0.25) is 9.80 Å². The molecule has 21 heavy (non-hydrogen) atoms. The standard InChI is InChI=1S/C17H26N2O2/c1-2-8-19(7-1)15-12-17(21-14-15)5-9-18(10-6-17)13-16-4-3-11-20-16/h3-4,11,15H,1-2,5-10,12-14H2. The maximum Gasteiger partial charge on any atom is 0.117 e. The highest BCUT2D eigenvalue weighted by atomic mass is 16.5. The molecule has 3 aliphatic rings. The molecular formula is C17H26N2O2. The zero-order chi connectivity index (χ0) is 14.1. The Kier molecular flexibility index (Phi) is 3.78. The third-order valence-corrected chi connectivity index (χ3v) is 5.57. The first-order valence-electron chi connectivity index (χ1n) is 8.46. The molecule has 1 unspecified atom stereocenters. The van der Waals surface area contributed by atoms with E-state index in [1.807, 2.05) is 6.07 Å². The molecule has 3 aliphatic heterocycles. The minimum absolute atomic E-state index is 0.174. The number of hydrogen-bond acceptors (Lipinski definition) is 4. The predicted molar refractivity (Wildman–Crippen MR) is 81.1 cm³/mol. The van der Waals surface area contributed by atoms with Crippen molar-refractivity contribution in [3.63, 3.8) is 0 Å². The molecule has 116 valence electrons. The van der Waals surface area contributed by atoms with Crippen molar-refractivity contribution < 1.29 is 9.15 Å². The average Bonchev–Trinajstić information content (AvgIpc) is 3.23. The van der Waals surface area contributed by atoms with Gasteiger partial charge in [0.05, 0.1) is 25.0 Å². The molecule has 0 N–H and O–H groups in total. The summed E-state index contributed by atoms with van der Waals surface area (Å²) >= 11 is 0. The van der Waals surface area contributed by atoms with Crippen LogP contribution in [0.5, 0.6) is 0 Å². The van der Waals surface area contributed by atoms with Crippen LogP contribution in [0.1, 0.15) is 37.9 Å². The zero-order valence-electron chi connectivity index (χ0n) is 12.8. The van der Waals surface area contributed by atoms with Gasteiger partial charge >= 0.3 is 0 Å². The summed E-state index contributed by atoms with van der Waals surface area (Å²) in [5.74, 6) is 1.08. The minimum atomic E-state index is 0.174. The number of hydrogen-bond donors (Lipinski definition) is 0. The molecule has 3 fully saturated rings. The lowest BCUT2D eigenvalue weighted by Gasteiger charge is -2.38. The van der Waals surface area contributed by atoms with E-state index in [-0.39, 0.29) is 5.60 Å². The Hall–Kier alpha value is -0.840. The van der Waals surface area contributed by atoms with E-state index in [2.05, 4.69) is 15.9 Å². The smallest absolute Gasteiger partial charge is 0.117 e. The number of rotatable bonds is 3.